The molecule has 96 valence electrons. The van der Waals surface area contributed by atoms with Gasteiger partial charge in [0.05, 0.1) is 6.10 Å². The van der Waals surface area contributed by atoms with Crippen molar-refractivity contribution in [2.75, 3.05) is 26.7 Å². The molecular weight excluding hydrogens is 200 g/mol. The van der Waals surface area contributed by atoms with E-state index in [2.05, 4.69) is 38.0 Å². The fourth-order valence-electron chi connectivity index (χ4n) is 2.12. The van der Waals surface area contributed by atoms with Gasteiger partial charge in [-0.05, 0) is 40.2 Å². The highest BCUT2D eigenvalue weighted by Gasteiger charge is 2.17. The quantitative estimate of drug-likeness (QED) is 0.720. The van der Waals surface area contributed by atoms with Crippen molar-refractivity contribution in [1.29, 1.82) is 0 Å². The van der Waals surface area contributed by atoms with Crippen LogP contribution in [0.2, 0.25) is 0 Å². The topological polar surface area (TPSA) is 24.5 Å². The van der Waals surface area contributed by atoms with E-state index >= 15 is 0 Å². The van der Waals surface area contributed by atoms with E-state index in [0.717, 1.165) is 19.7 Å². The van der Waals surface area contributed by atoms with E-state index in [1.54, 1.807) is 0 Å². The van der Waals surface area contributed by atoms with Crippen molar-refractivity contribution in [2.24, 2.45) is 0 Å². The lowest BCUT2D eigenvalue weighted by Gasteiger charge is -2.30. The third-order valence-corrected chi connectivity index (χ3v) is 3.82. The molecule has 1 fully saturated rings. The number of nitrogens with zero attached hydrogens (tertiary/aromatic N) is 1. The molecule has 3 nitrogen and oxygen atoms in total. The first kappa shape index (κ1) is 13.9. The standard InChI is InChI=1S/C13H28N2O/c1-5-11(2)15(4)12(3)9-14-10-13-7-6-8-16-13/h11-14H,5-10H2,1-4H3. The minimum absolute atomic E-state index is 0.459. The predicted octanol–water partition coefficient (Wildman–Crippen LogP) is 1.87. The first-order valence-corrected chi connectivity index (χ1v) is 6.69. The molecule has 1 heterocycles. The molecule has 1 saturated heterocycles. The smallest absolute Gasteiger partial charge is 0.0700 e. The third kappa shape index (κ3) is 4.40. The number of hydrogen-bond acceptors (Lipinski definition) is 3. The molecule has 0 spiro atoms. The van der Waals surface area contributed by atoms with Crippen LogP contribution in [-0.2, 0) is 4.74 Å². The molecule has 0 saturated carbocycles. The number of rotatable bonds is 7. The summed E-state index contributed by atoms with van der Waals surface area (Å²) in [4.78, 5) is 2.45. The third-order valence-electron chi connectivity index (χ3n) is 3.82. The van der Waals surface area contributed by atoms with Gasteiger partial charge < -0.3 is 10.1 Å². The first-order chi connectivity index (χ1) is 7.65. The van der Waals surface area contributed by atoms with Crippen molar-refractivity contribution < 1.29 is 4.74 Å². The Labute approximate surface area is 101 Å². The van der Waals surface area contributed by atoms with Gasteiger partial charge in [0.1, 0.15) is 0 Å². The lowest BCUT2D eigenvalue weighted by molar-refractivity contribution is 0.106. The van der Waals surface area contributed by atoms with Crippen LogP contribution in [0.1, 0.15) is 40.0 Å². The van der Waals surface area contributed by atoms with Crippen LogP contribution < -0.4 is 5.32 Å². The van der Waals surface area contributed by atoms with Gasteiger partial charge in [-0.15, -0.1) is 0 Å². The summed E-state index contributed by atoms with van der Waals surface area (Å²) in [5.74, 6) is 0. The normalized spacial score (nSPS) is 24.9. The van der Waals surface area contributed by atoms with Crippen LogP contribution >= 0.6 is 0 Å². The van der Waals surface area contributed by atoms with Gasteiger partial charge in [-0.2, -0.15) is 0 Å². The molecule has 0 aliphatic carbocycles. The van der Waals surface area contributed by atoms with Crippen molar-refractivity contribution in [3.05, 3.63) is 0 Å². The summed E-state index contributed by atoms with van der Waals surface area (Å²) in [7, 11) is 2.21. The lowest BCUT2D eigenvalue weighted by atomic mass is 10.2. The molecule has 3 atom stereocenters. The highest BCUT2D eigenvalue weighted by atomic mass is 16.5. The SMILES string of the molecule is CCC(C)N(C)C(C)CNCC1CCCO1. The minimum Gasteiger partial charge on any atom is -0.377 e. The maximum absolute atomic E-state index is 5.59. The summed E-state index contributed by atoms with van der Waals surface area (Å²) in [6.07, 6.45) is 4.13. The Morgan fingerprint density at radius 1 is 1.38 bits per heavy atom. The van der Waals surface area contributed by atoms with Gasteiger partial charge >= 0.3 is 0 Å². The molecule has 0 aromatic heterocycles. The number of hydrogen-bond donors (Lipinski definition) is 1. The second-order valence-corrected chi connectivity index (χ2v) is 5.07. The van der Waals surface area contributed by atoms with Gasteiger partial charge in [0.2, 0.25) is 0 Å². The van der Waals surface area contributed by atoms with E-state index in [0.29, 0.717) is 18.2 Å². The Morgan fingerprint density at radius 3 is 2.69 bits per heavy atom. The van der Waals surface area contributed by atoms with E-state index in [9.17, 15) is 0 Å². The Hall–Kier alpha value is -0.120. The van der Waals surface area contributed by atoms with Crippen LogP contribution in [0.4, 0.5) is 0 Å². The maximum atomic E-state index is 5.59. The van der Waals surface area contributed by atoms with Gasteiger partial charge in [-0.1, -0.05) is 6.92 Å². The minimum atomic E-state index is 0.459. The Morgan fingerprint density at radius 2 is 2.12 bits per heavy atom. The Bertz CT molecular complexity index is 181. The summed E-state index contributed by atoms with van der Waals surface area (Å²) >= 11 is 0. The number of likely N-dealkylation sites (N-methyl/N-ethyl adjacent to an activating group) is 1. The van der Waals surface area contributed by atoms with Gasteiger partial charge in [0.15, 0.2) is 0 Å². The van der Waals surface area contributed by atoms with Gasteiger partial charge in [0, 0.05) is 31.8 Å². The average Bonchev–Trinajstić information content (AvgIpc) is 2.79. The molecule has 16 heavy (non-hydrogen) atoms. The summed E-state index contributed by atoms with van der Waals surface area (Å²) in [6.45, 7) is 9.84. The molecule has 1 aliphatic rings. The first-order valence-electron chi connectivity index (χ1n) is 6.69. The summed E-state index contributed by atoms with van der Waals surface area (Å²) < 4.78 is 5.59. The van der Waals surface area contributed by atoms with E-state index in [1.165, 1.54) is 19.3 Å². The summed E-state index contributed by atoms with van der Waals surface area (Å²) in [5.41, 5.74) is 0. The van der Waals surface area contributed by atoms with Gasteiger partial charge in [-0.3, -0.25) is 4.90 Å². The Balaban J connectivity index is 2.11. The number of ether oxygens (including phenoxy) is 1. The van der Waals surface area contributed by atoms with Gasteiger partial charge in [-0.25, -0.2) is 0 Å². The molecule has 0 aromatic carbocycles. The molecule has 1 rings (SSSR count). The molecule has 3 heteroatoms. The fraction of sp³-hybridized carbons (Fsp3) is 1.00. The number of nitrogens with one attached hydrogen (secondary N) is 1. The largest absolute Gasteiger partial charge is 0.377 e. The Kier molecular flexibility index (Phi) is 6.32. The van der Waals surface area contributed by atoms with Crippen LogP contribution in [0.3, 0.4) is 0 Å². The molecule has 0 amide bonds. The van der Waals surface area contributed by atoms with Crippen LogP contribution in [0.5, 0.6) is 0 Å². The lowest BCUT2D eigenvalue weighted by Crippen LogP contribution is -2.43. The van der Waals surface area contributed by atoms with Crippen molar-refractivity contribution in [1.82, 2.24) is 10.2 Å². The zero-order valence-corrected chi connectivity index (χ0v) is 11.3. The zero-order valence-electron chi connectivity index (χ0n) is 11.3. The van der Waals surface area contributed by atoms with E-state index in [-0.39, 0.29) is 0 Å². The van der Waals surface area contributed by atoms with Crippen LogP contribution in [0.15, 0.2) is 0 Å². The second-order valence-electron chi connectivity index (χ2n) is 5.07. The van der Waals surface area contributed by atoms with Crippen LogP contribution in [-0.4, -0.2) is 49.8 Å². The molecule has 0 radical (unpaired) electrons. The monoisotopic (exact) mass is 228 g/mol. The van der Waals surface area contributed by atoms with Crippen LogP contribution in [0, 0.1) is 0 Å². The van der Waals surface area contributed by atoms with Crippen molar-refractivity contribution in [3.63, 3.8) is 0 Å². The average molecular weight is 228 g/mol. The maximum Gasteiger partial charge on any atom is 0.0700 e. The van der Waals surface area contributed by atoms with Gasteiger partial charge in [0.25, 0.3) is 0 Å². The summed E-state index contributed by atoms with van der Waals surface area (Å²) in [5, 5.41) is 3.52. The molecular formula is C13H28N2O. The van der Waals surface area contributed by atoms with E-state index in [1.807, 2.05) is 0 Å². The summed E-state index contributed by atoms with van der Waals surface area (Å²) in [6, 6.07) is 1.26. The van der Waals surface area contributed by atoms with E-state index < -0.39 is 0 Å². The molecule has 3 unspecified atom stereocenters. The highest BCUT2D eigenvalue weighted by molar-refractivity contribution is 4.73. The zero-order chi connectivity index (χ0) is 12.0. The fourth-order valence-corrected chi connectivity index (χ4v) is 2.12. The highest BCUT2D eigenvalue weighted by Crippen LogP contribution is 2.10. The van der Waals surface area contributed by atoms with Crippen molar-refractivity contribution in [2.45, 2.75) is 58.2 Å². The molecule has 1 aliphatic heterocycles. The van der Waals surface area contributed by atoms with E-state index in [4.69, 9.17) is 4.74 Å². The molecule has 0 bridgehead atoms. The predicted molar refractivity (Wildman–Crippen MR) is 68.8 cm³/mol. The second kappa shape index (κ2) is 7.25. The molecule has 1 N–H and O–H groups in total. The van der Waals surface area contributed by atoms with Crippen LogP contribution in [0.25, 0.3) is 0 Å². The van der Waals surface area contributed by atoms with Crippen molar-refractivity contribution in [3.8, 4) is 0 Å². The molecule has 0 aromatic rings. The van der Waals surface area contributed by atoms with Crippen molar-refractivity contribution >= 4 is 0 Å².